The minimum absolute atomic E-state index is 0.198. The molecule has 1 heterocycles. The topological polar surface area (TPSA) is 92.6 Å². The van der Waals surface area contributed by atoms with Gasteiger partial charge in [-0.15, -0.1) is 0 Å². The summed E-state index contributed by atoms with van der Waals surface area (Å²) < 4.78 is 0. The van der Waals surface area contributed by atoms with Gasteiger partial charge in [-0.2, -0.15) is 0 Å². The zero-order chi connectivity index (χ0) is 13.8. The van der Waals surface area contributed by atoms with Crippen LogP contribution < -0.4 is 16.4 Å². The largest absolute Gasteiger partial charge is 0.399 e. The van der Waals surface area contributed by atoms with Crippen LogP contribution in [-0.2, 0) is 0 Å². The zero-order valence-corrected chi connectivity index (χ0v) is 11.0. The van der Waals surface area contributed by atoms with Gasteiger partial charge in [0, 0.05) is 24.9 Å². The number of nitrogens with zero attached hydrogens (tertiary/aromatic N) is 1. The van der Waals surface area contributed by atoms with E-state index in [4.69, 9.17) is 16.6 Å². The minimum Gasteiger partial charge on any atom is -0.399 e. The predicted octanol–water partition coefficient (Wildman–Crippen LogP) is 1.11. The van der Waals surface area contributed by atoms with Gasteiger partial charge in [-0.3, -0.25) is 4.79 Å². The van der Waals surface area contributed by atoms with E-state index in [1.807, 2.05) is 6.07 Å². The lowest BCUT2D eigenvalue weighted by Crippen LogP contribution is -2.31. The highest BCUT2D eigenvalue weighted by Crippen LogP contribution is 2.32. The minimum atomic E-state index is -0.428. The van der Waals surface area contributed by atoms with Crippen molar-refractivity contribution in [1.29, 1.82) is 0 Å². The Balaban J connectivity index is 2.28. The summed E-state index contributed by atoms with van der Waals surface area (Å²) >= 11 is 0. The summed E-state index contributed by atoms with van der Waals surface area (Å²) in [6, 6.07) is 5.56. The third-order valence-electron chi connectivity index (χ3n) is 3.67. The third-order valence-corrected chi connectivity index (χ3v) is 3.67. The molecule has 1 aromatic carbocycles. The number of aliphatic hydroxyl groups is 1. The van der Waals surface area contributed by atoms with Crippen LogP contribution in [0.25, 0.3) is 0 Å². The van der Waals surface area contributed by atoms with E-state index in [0.717, 1.165) is 37.9 Å². The second-order valence-electron chi connectivity index (χ2n) is 5.00. The number of nitrogens with two attached hydrogens (primary N) is 2. The van der Waals surface area contributed by atoms with Gasteiger partial charge in [0.15, 0.2) is 0 Å². The molecule has 0 bridgehead atoms. The van der Waals surface area contributed by atoms with E-state index >= 15 is 0 Å². The molecule has 1 aromatic rings. The van der Waals surface area contributed by atoms with Crippen molar-refractivity contribution in [3.63, 3.8) is 0 Å². The molecule has 1 aliphatic heterocycles. The number of hydrogen-bond donors (Lipinski definition) is 3. The number of carbonyl (C=O) groups excluding carboxylic acids is 1. The maximum Gasteiger partial charge on any atom is 0.250 e. The first kappa shape index (κ1) is 13.7. The SMILES string of the molecule is NC(=O)c1ccc(N)cc1N1CCCC1CCCO. The lowest BCUT2D eigenvalue weighted by molar-refractivity contribution is 0.100. The smallest absolute Gasteiger partial charge is 0.250 e. The Morgan fingerprint density at radius 3 is 2.95 bits per heavy atom. The summed E-state index contributed by atoms with van der Waals surface area (Å²) in [6.45, 7) is 1.10. The number of nitrogen functional groups attached to an aromatic ring is 1. The summed E-state index contributed by atoms with van der Waals surface area (Å²) in [5.41, 5.74) is 13.2. The average molecular weight is 263 g/mol. The number of carbonyl (C=O) groups is 1. The van der Waals surface area contributed by atoms with Crippen molar-refractivity contribution in [2.75, 3.05) is 23.8 Å². The number of primary amides is 1. The highest BCUT2D eigenvalue weighted by molar-refractivity contribution is 5.99. The van der Waals surface area contributed by atoms with Crippen LogP contribution in [0.4, 0.5) is 11.4 Å². The summed E-state index contributed by atoms with van der Waals surface area (Å²) in [6.07, 6.45) is 3.86. The van der Waals surface area contributed by atoms with Crippen molar-refractivity contribution >= 4 is 17.3 Å². The van der Waals surface area contributed by atoms with Gasteiger partial charge < -0.3 is 21.5 Å². The number of anilines is 2. The Kier molecular flexibility index (Phi) is 4.27. The Morgan fingerprint density at radius 2 is 2.26 bits per heavy atom. The van der Waals surface area contributed by atoms with Crippen molar-refractivity contribution in [1.82, 2.24) is 0 Å². The normalized spacial score (nSPS) is 18.8. The first-order valence-corrected chi connectivity index (χ1v) is 6.70. The molecule has 1 unspecified atom stereocenters. The fourth-order valence-corrected chi connectivity index (χ4v) is 2.77. The van der Waals surface area contributed by atoms with Gasteiger partial charge in [0.1, 0.15) is 0 Å². The molecule has 1 amide bonds. The van der Waals surface area contributed by atoms with Crippen molar-refractivity contribution in [2.45, 2.75) is 31.7 Å². The molecular weight excluding hydrogens is 242 g/mol. The van der Waals surface area contributed by atoms with Crippen LogP contribution in [0.3, 0.4) is 0 Å². The Morgan fingerprint density at radius 1 is 1.47 bits per heavy atom. The van der Waals surface area contributed by atoms with Crippen LogP contribution in [0, 0.1) is 0 Å². The Labute approximate surface area is 113 Å². The van der Waals surface area contributed by atoms with Crippen LogP contribution in [0.2, 0.25) is 0 Å². The molecule has 1 atom stereocenters. The molecule has 0 radical (unpaired) electrons. The van der Waals surface area contributed by atoms with Gasteiger partial charge in [-0.25, -0.2) is 0 Å². The lowest BCUT2D eigenvalue weighted by atomic mass is 10.1. The highest BCUT2D eigenvalue weighted by Gasteiger charge is 2.27. The van der Waals surface area contributed by atoms with E-state index in [-0.39, 0.29) is 6.61 Å². The van der Waals surface area contributed by atoms with Crippen LogP contribution in [0.1, 0.15) is 36.0 Å². The van der Waals surface area contributed by atoms with Crippen LogP contribution in [-0.4, -0.2) is 30.2 Å². The molecule has 104 valence electrons. The van der Waals surface area contributed by atoms with Crippen molar-refractivity contribution in [3.8, 4) is 0 Å². The van der Waals surface area contributed by atoms with Gasteiger partial charge in [-0.05, 0) is 43.9 Å². The van der Waals surface area contributed by atoms with Gasteiger partial charge in [-0.1, -0.05) is 0 Å². The highest BCUT2D eigenvalue weighted by atomic mass is 16.2. The molecular formula is C14H21N3O2. The first-order valence-electron chi connectivity index (χ1n) is 6.70. The van der Waals surface area contributed by atoms with Gasteiger partial charge in [0.05, 0.1) is 11.3 Å². The van der Waals surface area contributed by atoms with Crippen LogP contribution in [0.15, 0.2) is 18.2 Å². The number of aliphatic hydroxyl groups excluding tert-OH is 1. The Bertz CT molecular complexity index is 462. The number of rotatable bonds is 5. The van der Waals surface area contributed by atoms with Gasteiger partial charge >= 0.3 is 0 Å². The molecule has 5 heteroatoms. The van der Waals surface area contributed by atoms with Crippen molar-refractivity contribution in [2.24, 2.45) is 5.73 Å². The predicted molar refractivity (Wildman–Crippen MR) is 76.1 cm³/mol. The van der Waals surface area contributed by atoms with Gasteiger partial charge in [0.2, 0.25) is 0 Å². The van der Waals surface area contributed by atoms with E-state index < -0.39 is 5.91 Å². The second kappa shape index (κ2) is 5.93. The molecule has 1 saturated heterocycles. The lowest BCUT2D eigenvalue weighted by Gasteiger charge is -2.28. The van der Waals surface area contributed by atoms with E-state index in [0.29, 0.717) is 17.3 Å². The molecule has 1 fully saturated rings. The summed E-state index contributed by atoms with van der Waals surface area (Å²) in [4.78, 5) is 13.7. The summed E-state index contributed by atoms with van der Waals surface area (Å²) in [5.74, 6) is -0.428. The van der Waals surface area contributed by atoms with Crippen LogP contribution >= 0.6 is 0 Å². The second-order valence-corrected chi connectivity index (χ2v) is 5.00. The summed E-state index contributed by atoms with van der Waals surface area (Å²) in [7, 11) is 0. The number of benzene rings is 1. The van der Waals surface area contributed by atoms with Crippen LogP contribution in [0.5, 0.6) is 0 Å². The molecule has 0 spiro atoms. The molecule has 5 nitrogen and oxygen atoms in total. The molecule has 19 heavy (non-hydrogen) atoms. The summed E-state index contributed by atoms with van der Waals surface area (Å²) in [5, 5.41) is 8.96. The van der Waals surface area contributed by atoms with E-state index in [9.17, 15) is 4.79 Å². The molecule has 0 aromatic heterocycles. The maximum absolute atomic E-state index is 11.5. The quantitative estimate of drug-likeness (QED) is 0.694. The van der Waals surface area contributed by atoms with Crippen molar-refractivity contribution in [3.05, 3.63) is 23.8 Å². The zero-order valence-electron chi connectivity index (χ0n) is 11.0. The van der Waals surface area contributed by atoms with Gasteiger partial charge in [0.25, 0.3) is 5.91 Å². The third kappa shape index (κ3) is 2.98. The molecule has 2 rings (SSSR count). The van der Waals surface area contributed by atoms with Crippen molar-refractivity contribution < 1.29 is 9.90 Å². The number of amides is 1. The standard InChI is InChI=1S/C14H21N3O2/c15-10-5-6-12(14(16)19)13(9-10)17-7-1-3-11(17)4-2-8-18/h5-6,9,11,18H,1-4,7-8,15H2,(H2,16,19). The monoisotopic (exact) mass is 263 g/mol. The molecule has 0 saturated carbocycles. The fourth-order valence-electron chi connectivity index (χ4n) is 2.77. The van der Waals surface area contributed by atoms with E-state index in [1.165, 1.54) is 0 Å². The Hall–Kier alpha value is -1.75. The van der Waals surface area contributed by atoms with E-state index in [1.54, 1.807) is 12.1 Å². The maximum atomic E-state index is 11.5. The fraction of sp³-hybridized carbons (Fsp3) is 0.500. The molecule has 1 aliphatic rings. The first-order chi connectivity index (χ1) is 9.13. The number of hydrogen-bond acceptors (Lipinski definition) is 4. The molecule has 0 aliphatic carbocycles. The average Bonchev–Trinajstić information content (AvgIpc) is 2.83. The van der Waals surface area contributed by atoms with E-state index in [2.05, 4.69) is 4.90 Å². The molecule has 5 N–H and O–H groups in total.